The van der Waals surface area contributed by atoms with Crippen LogP contribution in [0.2, 0.25) is 10.0 Å². The molecular formula is C21H24Cl2N2O3. The lowest BCUT2D eigenvalue weighted by Crippen LogP contribution is -2.44. The van der Waals surface area contributed by atoms with Gasteiger partial charge in [0, 0.05) is 29.7 Å². The van der Waals surface area contributed by atoms with E-state index in [-0.39, 0.29) is 18.6 Å². The first-order valence-corrected chi connectivity index (χ1v) is 10.0. The first kappa shape index (κ1) is 21.1. The van der Waals surface area contributed by atoms with Gasteiger partial charge >= 0.3 is 0 Å². The molecule has 1 N–H and O–H groups in total. The lowest BCUT2D eigenvalue weighted by molar-refractivity contribution is -0.126. The maximum atomic E-state index is 12.3. The third kappa shape index (κ3) is 5.93. The van der Waals surface area contributed by atoms with Crippen LogP contribution in [0.15, 0.2) is 48.5 Å². The Morgan fingerprint density at radius 3 is 2.46 bits per heavy atom. The molecule has 1 unspecified atom stereocenters. The van der Waals surface area contributed by atoms with Crippen molar-refractivity contribution in [2.24, 2.45) is 0 Å². The molecule has 2 aromatic carbocycles. The molecule has 0 saturated carbocycles. The van der Waals surface area contributed by atoms with Gasteiger partial charge in [-0.3, -0.25) is 9.69 Å². The summed E-state index contributed by atoms with van der Waals surface area (Å²) in [5, 5.41) is 4.30. The number of halogens is 2. The smallest absolute Gasteiger partial charge is 0.246 e. The van der Waals surface area contributed by atoms with Crippen LogP contribution >= 0.6 is 23.2 Å². The van der Waals surface area contributed by atoms with Gasteiger partial charge in [-0.2, -0.15) is 0 Å². The predicted molar refractivity (Wildman–Crippen MR) is 111 cm³/mol. The van der Waals surface area contributed by atoms with E-state index in [0.717, 1.165) is 24.2 Å². The largest absolute Gasteiger partial charge is 0.379 e. The molecule has 1 atom stereocenters. The average Bonchev–Trinajstić information content (AvgIpc) is 2.72. The maximum Gasteiger partial charge on any atom is 0.246 e. The molecule has 0 aromatic heterocycles. The Balaban J connectivity index is 1.54. The topological polar surface area (TPSA) is 50.8 Å². The molecule has 0 radical (unpaired) electrons. The van der Waals surface area contributed by atoms with Crippen molar-refractivity contribution >= 4 is 29.1 Å². The molecule has 28 heavy (non-hydrogen) atoms. The zero-order valence-corrected chi connectivity index (χ0v) is 17.1. The van der Waals surface area contributed by atoms with Crippen LogP contribution in [0.4, 0.5) is 0 Å². The molecule has 5 nitrogen and oxygen atoms in total. The minimum atomic E-state index is -0.169. The Kier molecular flexibility index (Phi) is 8.13. The van der Waals surface area contributed by atoms with Crippen LogP contribution in [0.3, 0.4) is 0 Å². The van der Waals surface area contributed by atoms with E-state index in [4.69, 9.17) is 32.7 Å². The molecule has 2 aromatic rings. The van der Waals surface area contributed by atoms with E-state index in [1.165, 1.54) is 0 Å². The monoisotopic (exact) mass is 422 g/mol. The highest BCUT2D eigenvalue weighted by atomic mass is 35.5. The maximum absolute atomic E-state index is 12.3. The van der Waals surface area contributed by atoms with E-state index in [0.29, 0.717) is 36.4 Å². The van der Waals surface area contributed by atoms with Crippen LogP contribution in [-0.2, 0) is 20.9 Å². The van der Waals surface area contributed by atoms with Gasteiger partial charge < -0.3 is 14.8 Å². The number of nitrogens with one attached hydrogen (secondary N) is 1. The van der Waals surface area contributed by atoms with Crippen LogP contribution in [0, 0.1) is 0 Å². The Hall–Kier alpha value is -1.63. The summed E-state index contributed by atoms with van der Waals surface area (Å²) in [6.45, 7) is 3.68. The number of carbonyl (C=O) groups is 1. The molecule has 1 heterocycles. The highest BCUT2D eigenvalue weighted by Crippen LogP contribution is 2.27. The van der Waals surface area contributed by atoms with E-state index in [2.05, 4.69) is 10.2 Å². The molecule has 1 amide bonds. The van der Waals surface area contributed by atoms with Gasteiger partial charge in [-0.1, -0.05) is 59.6 Å². The first-order chi connectivity index (χ1) is 13.6. The third-order valence-corrected chi connectivity index (χ3v) is 5.40. The number of hydrogen-bond donors (Lipinski definition) is 1. The van der Waals surface area contributed by atoms with Crippen LogP contribution in [0.25, 0.3) is 0 Å². The normalized spacial score (nSPS) is 15.9. The summed E-state index contributed by atoms with van der Waals surface area (Å²) in [5.41, 5.74) is 1.86. The summed E-state index contributed by atoms with van der Waals surface area (Å²) in [6, 6.07) is 15.2. The highest BCUT2D eigenvalue weighted by molar-refractivity contribution is 6.31. The van der Waals surface area contributed by atoms with Gasteiger partial charge in [-0.15, -0.1) is 0 Å². The fourth-order valence-electron chi connectivity index (χ4n) is 3.20. The van der Waals surface area contributed by atoms with Crippen LogP contribution in [0.5, 0.6) is 0 Å². The van der Waals surface area contributed by atoms with Gasteiger partial charge in [0.2, 0.25) is 5.91 Å². The predicted octanol–water partition coefficient (Wildman–Crippen LogP) is 3.70. The standard InChI is InChI=1S/C21H24Cl2N2O3/c22-18-7-3-1-5-16(18)14-28-15-21(26)24-13-20(25-9-11-27-12-10-25)17-6-2-4-8-19(17)23/h1-8,20H,9-15H2,(H,24,26). The molecule has 1 aliphatic heterocycles. The number of morpholine rings is 1. The minimum absolute atomic E-state index is 0.00915. The first-order valence-electron chi connectivity index (χ1n) is 9.29. The SMILES string of the molecule is O=C(COCc1ccccc1Cl)NCC(c1ccccc1Cl)N1CCOCC1. The summed E-state index contributed by atoms with van der Waals surface area (Å²) in [6.07, 6.45) is 0. The van der Waals surface area contributed by atoms with E-state index in [9.17, 15) is 4.79 Å². The average molecular weight is 423 g/mol. The molecule has 0 aliphatic carbocycles. The van der Waals surface area contributed by atoms with Gasteiger partial charge in [0.25, 0.3) is 0 Å². The lowest BCUT2D eigenvalue weighted by atomic mass is 10.0. The molecule has 1 saturated heterocycles. The fraction of sp³-hybridized carbons (Fsp3) is 0.381. The summed E-state index contributed by atoms with van der Waals surface area (Å²) >= 11 is 12.5. The van der Waals surface area contributed by atoms with Crippen molar-refractivity contribution in [3.05, 3.63) is 69.7 Å². The second kappa shape index (κ2) is 10.8. The van der Waals surface area contributed by atoms with E-state index >= 15 is 0 Å². The van der Waals surface area contributed by atoms with Crippen molar-refractivity contribution in [2.45, 2.75) is 12.6 Å². The van der Waals surface area contributed by atoms with E-state index < -0.39 is 0 Å². The molecule has 1 aliphatic rings. The zero-order chi connectivity index (χ0) is 19.8. The minimum Gasteiger partial charge on any atom is -0.379 e. The molecule has 0 spiro atoms. The Bertz CT molecular complexity index is 782. The number of carbonyl (C=O) groups excluding carboxylic acids is 1. The summed E-state index contributed by atoms with van der Waals surface area (Å²) < 4.78 is 11.0. The van der Waals surface area contributed by atoms with E-state index in [1.807, 2.05) is 42.5 Å². The number of benzene rings is 2. The van der Waals surface area contributed by atoms with E-state index in [1.54, 1.807) is 6.07 Å². The number of hydrogen-bond acceptors (Lipinski definition) is 4. The lowest BCUT2D eigenvalue weighted by Gasteiger charge is -2.35. The number of amides is 1. The molecule has 0 bridgehead atoms. The fourth-order valence-corrected chi connectivity index (χ4v) is 3.65. The summed E-state index contributed by atoms with van der Waals surface area (Å²) in [7, 11) is 0. The van der Waals surface area contributed by atoms with Crippen molar-refractivity contribution in [3.63, 3.8) is 0 Å². The Morgan fingerprint density at radius 2 is 1.75 bits per heavy atom. The summed E-state index contributed by atoms with van der Waals surface area (Å²) in [5.74, 6) is -0.169. The molecule has 7 heteroatoms. The van der Waals surface area contributed by atoms with Gasteiger partial charge in [0.1, 0.15) is 6.61 Å². The molecular weight excluding hydrogens is 399 g/mol. The van der Waals surface area contributed by atoms with Crippen molar-refractivity contribution in [2.75, 3.05) is 39.5 Å². The zero-order valence-electron chi connectivity index (χ0n) is 15.6. The van der Waals surface area contributed by atoms with Crippen molar-refractivity contribution in [1.82, 2.24) is 10.2 Å². The van der Waals surface area contributed by atoms with Gasteiger partial charge in [0.05, 0.1) is 25.9 Å². The Morgan fingerprint density at radius 1 is 1.07 bits per heavy atom. The van der Waals surface area contributed by atoms with Crippen LogP contribution in [-0.4, -0.2) is 50.3 Å². The molecule has 1 fully saturated rings. The molecule has 3 rings (SSSR count). The number of ether oxygens (including phenoxy) is 2. The number of nitrogens with zero attached hydrogens (tertiary/aromatic N) is 1. The summed E-state index contributed by atoms with van der Waals surface area (Å²) in [4.78, 5) is 14.6. The van der Waals surface area contributed by atoms with Gasteiger partial charge in [-0.25, -0.2) is 0 Å². The van der Waals surface area contributed by atoms with Crippen molar-refractivity contribution < 1.29 is 14.3 Å². The Labute approximate surface area is 175 Å². The van der Waals surface area contributed by atoms with Crippen molar-refractivity contribution in [1.29, 1.82) is 0 Å². The van der Waals surface area contributed by atoms with Gasteiger partial charge in [0.15, 0.2) is 0 Å². The second-order valence-electron chi connectivity index (χ2n) is 6.57. The quantitative estimate of drug-likeness (QED) is 0.704. The highest BCUT2D eigenvalue weighted by Gasteiger charge is 2.24. The van der Waals surface area contributed by atoms with Gasteiger partial charge in [-0.05, 0) is 23.3 Å². The second-order valence-corrected chi connectivity index (χ2v) is 7.39. The number of rotatable bonds is 8. The van der Waals surface area contributed by atoms with Crippen molar-refractivity contribution in [3.8, 4) is 0 Å². The third-order valence-electron chi connectivity index (χ3n) is 4.69. The van der Waals surface area contributed by atoms with Crippen LogP contribution in [0.1, 0.15) is 17.2 Å². The molecule has 150 valence electrons. The van der Waals surface area contributed by atoms with Crippen LogP contribution < -0.4 is 5.32 Å².